The Morgan fingerprint density at radius 1 is 0.771 bits per heavy atom. The van der Waals surface area contributed by atoms with Crippen molar-refractivity contribution in [3.05, 3.63) is 93.8 Å². The summed E-state index contributed by atoms with van der Waals surface area (Å²) in [6.07, 6.45) is -0.661. The van der Waals surface area contributed by atoms with Crippen LogP contribution >= 0.6 is 0 Å². The molecule has 0 unspecified atom stereocenters. The number of rotatable bonds is 4. The molecule has 0 N–H and O–H groups in total. The third kappa shape index (κ3) is 3.86. The van der Waals surface area contributed by atoms with Gasteiger partial charge in [-0.1, -0.05) is 18.2 Å². The van der Waals surface area contributed by atoms with Gasteiger partial charge in [0.15, 0.2) is 34.9 Å². The van der Waals surface area contributed by atoms with Crippen molar-refractivity contribution >= 4 is 11.7 Å². The molecule has 4 rings (SSSR count). The molecule has 4 nitrogen and oxygen atoms in total. The molecule has 1 saturated heterocycles. The van der Waals surface area contributed by atoms with E-state index in [2.05, 4.69) is 9.72 Å². The lowest BCUT2D eigenvalue weighted by atomic mass is 9.99. The predicted molar refractivity (Wildman–Crippen MR) is 105 cm³/mol. The Labute approximate surface area is 192 Å². The molecule has 1 aromatic heterocycles. The second-order valence-electron chi connectivity index (χ2n) is 7.62. The highest BCUT2D eigenvalue weighted by molar-refractivity contribution is 5.90. The largest absolute Gasteiger partial charge is 0.465 e. The molecule has 1 fully saturated rings. The minimum Gasteiger partial charge on any atom is -0.465 e. The number of hydrogen-bond donors (Lipinski definition) is 0. The number of ether oxygens (including phenoxy) is 1. The molecule has 184 valence electrons. The van der Waals surface area contributed by atoms with Gasteiger partial charge in [0.2, 0.25) is 0 Å². The molecular weight excluding hydrogens is 488 g/mol. The fourth-order valence-corrected chi connectivity index (χ4v) is 4.36. The van der Waals surface area contributed by atoms with Crippen LogP contribution in [0, 0.1) is 46.8 Å². The van der Waals surface area contributed by atoms with E-state index in [4.69, 9.17) is 0 Å². The van der Waals surface area contributed by atoms with Crippen LogP contribution < -0.4 is 4.90 Å². The smallest absolute Gasteiger partial charge is 0.344 e. The molecule has 0 aliphatic carbocycles. The Kier molecular flexibility index (Phi) is 6.39. The summed E-state index contributed by atoms with van der Waals surface area (Å²) >= 11 is 0. The van der Waals surface area contributed by atoms with Crippen molar-refractivity contribution in [2.75, 3.05) is 12.0 Å². The van der Waals surface area contributed by atoms with E-state index in [0.29, 0.717) is 0 Å². The molecule has 3 aromatic rings. The topological polar surface area (TPSA) is 42.4 Å². The number of aromatic nitrogens is 1. The van der Waals surface area contributed by atoms with E-state index in [0.717, 1.165) is 12.0 Å². The van der Waals surface area contributed by atoms with Crippen LogP contribution in [0.2, 0.25) is 0 Å². The molecule has 0 radical (unpaired) electrons. The molecule has 2 heterocycles. The van der Waals surface area contributed by atoms with Crippen molar-refractivity contribution in [2.24, 2.45) is 0 Å². The number of carbonyl (C=O) groups excluding carboxylic acids is 1. The summed E-state index contributed by atoms with van der Waals surface area (Å²) in [4.78, 5) is 15.1. The highest BCUT2D eigenvalue weighted by atomic mass is 19.2. The standard InChI is InChI=1S/C23H14F8N2O2/c1-35-23(34)14-17(26)15(24)12(16(25)18(14)27)10-7-8-11(33(10)9-5-3-2-4-6-9)13-19(28)21(30)32-22(31)20(13)29/h2-6,10-11H,7-8H2,1H3/t10-,11-/m1/s1. The number of carbonyl (C=O) groups is 1. The molecule has 2 atom stereocenters. The third-order valence-electron chi connectivity index (χ3n) is 5.82. The summed E-state index contributed by atoms with van der Waals surface area (Å²) < 4.78 is 120. The second kappa shape index (κ2) is 9.16. The first-order valence-electron chi connectivity index (χ1n) is 10.1. The van der Waals surface area contributed by atoms with Gasteiger partial charge >= 0.3 is 5.97 Å². The van der Waals surface area contributed by atoms with Crippen molar-refractivity contribution in [3.63, 3.8) is 0 Å². The Balaban J connectivity index is 1.95. The first-order valence-corrected chi connectivity index (χ1v) is 10.1. The zero-order chi connectivity index (χ0) is 25.6. The van der Waals surface area contributed by atoms with Gasteiger partial charge in [-0.2, -0.15) is 13.8 Å². The van der Waals surface area contributed by atoms with Gasteiger partial charge in [-0.15, -0.1) is 0 Å². The van der Waals surface area contributed by atoms with Gasteiger partial charge in [0, 0.05) is 5.69 Å². The van der Waals surface area contributed by atoms with Crippen molar-refractivity contribution in [1.82, 2.24) is 4.98 Å². The number of methoxy groups -OCH3 is 1. The monoisotopic (exact) mass is 502 g/mol. The van der Waals surface area contributed by atoms with Crippen LogP contribution in [0.3, 0.4) is 0 Å². The van der Waals surface area contributed by atoms with E-state index in [1.807, 2.05) is 0 Å². The molecule has 12 heteroatoms. The predicted octanol–water partition coefficient (Wildman–Crippen LogP) is 6.06. The molecule has 35 heavy (non-hydrogen) atoms. The fourth-order valence-electron chi connectivity index (χ4n) is 4.36. The normalized spacial score (nSPS) is 17.7. The lowest BCUT2D eigenvalue weighted by Gasteiger charge is -2.34. The zero-order valence-corrected chi connectivity index (χ0v) is 17.7. The van der Waals surface area contributed by atoms with Crippen molar-refractivity contribution < 1.29 is 44.7 Å². The number of nitrogens with zero attached hydrogens (tertiary/aromatic N) is 2. The maximum atomic E-state index is 15.1. The molecule has 0 bridgehead atoms. The van der Waals surface area contributed by atoms with E-state index < -0.39 is 81.5 Å². The van der Waals surface area contributed by atoms with Crippen LogP contribution in [0.4, 0.5) is 40.8 Å². The molecule has 1 aliphatic rings. The summed E-state index contributed by atoms with van der Waals surface area (Å²) in [5.74, 6) is -17.1. The lowest BCUT2D eigenvalue weighted by Crippen LogP contribution is -2.30. The van der Waals surface area contributed by atoms with Crippen LogP contribution in [-0.4, -0.2) is 18.1 Å². The molecule has 2 aromatic carbocycles. The maximum Gasteiger partial charge on any atom is 0.344 e. The minimum absolute atomic E-state index is 0.0769. The summed E-state index contributed by atoms with van der Waals surface area (Å²) in [5.41, 5.74) is -3.79. The quantitative estimate of drug-likeness (QED) is 0.188. The first-order chi connectivity index (χ1) is 16.6. The van der Waals surface area contributed by atoms with Gasteiger partial charge in [0.25, 0.3) is 11.9 Å². The Bertz CT molecular complexity index is 1260. The number of esters is 1. The van der Waals surface area contributed by atoms with Crippen molar-refractivity contribution in [1.29, 1.82) is 0 Å². The molecular formula is C23H14F8N2O2. The van der Waals surface area contributed by atoms with E-state index >= 15 is 8.78 Å². The van der Waals surface area contributed by atoms with Crippen LogP contribution in [0.25, 0.3) is 0 Å². The second-order valence-corrected chi connectivity index (χ2v) is 7.62. The first kappa shape index (κ1) is 24.4. The summed E-state index contributed by atoms with van der Waals surface area (Å²) in [5, 5.41) is 0. The van der Waals surface area contributed by atoms with Crippen molar-refractivity contribution in [3.8, 4) is 0 Å². The molecule has 0 saturated carbocycles. The number of benzene rings is 2. The fraction of sp³-hybridized carbons (Fsp3) is 0.217. The minimum atomic E-state index is -2.03. The van der Waals surface area contributed by atoms with Crippen LogP contribution in [0.1, 0.15) is 46.4 Å². The van der Waals surface area contributed by atoms with E-state index in [9.17, 15) is 31.1 Å². The Morgan fingerprint density at radius 3 is 1.69 bits per heavy atom. The molecule has 0 spiro atoms. The van der Waals surface area contributed by atoms with Crippen LogP contribution in [-0.2, 0) is 4.74 Å². The van der Waals surface area contributed by atoms with E-state index in [1.54, 1.807) is 6.07 Å². The van der Waals surface area contributed by atoms with E-state index in [-0.39, 0.29) is 18.5 Å². The highest BCUT2D eigenvalue weighted by Gasteiger charge is 2.44. The van der Waals surface area contributed by atoms with Gasteiger partial charge < -0.3 is 9.64 Å². The lowest BCUT2D eigenvalue weighted by molar-refractivity contribution is 0.0586. The Morgan fingerprint density at radius 2 is 1.23 bits per heavy atom. The summed E-state index contributed by atoms with van der Waals surface area (Å²) in [7, 11) is 0.750. The molecule has 0 amide bonds. The number of para-hydroxylation sites is 1. The van der Waals surface area contributed by atoms with Gasteiger partial charge in [0.1, 0.15) is 5.56 Å². The van der Waals surface area contributed by atoms with Gasteiger partial charge in [-0.05, 0) is 25.0 Å². The number of pyridine rings is 1. The summed E-state index contributed by atoms with van der Waals surface area (Å²) in [6, 6.07) is 4.05. The maximum absolute atomic E-state index is 15.1. The number of anilines is 1. The third-order valence-corrected chi connectivity index (χ3v) is 5.82. The van der Waals surface area contributed by atoms with Crippen molar-refractivity contribution in [2.45, 2.75) is 24.9 Å². The average molecular weight is 502 g/mol. The molecule has 1 aliphatic heterocycles. The average Bonchev–Trinajstić information content (AvgIpc) is 3.26. The highest BCUT2D eigenvalue weighted by Crippen LogP contribution is 2.49. The SMILES string of the molecule is COC(=O)c1c(F)c(F)c([C@H]2CC[C@H](c3c(F)c(F)nc(F)c3F)N2c2ccccc2)c(F)c1F. The van der Waals surface area contributed by atoms with Gasteiger partial charge in [0.05, 0.1) is 30.3 Å². The zero-order valence-electron chi connectivity index (χ0n) is 17.7. The number of halogens is 8. The van der Waals surface area contributed by atoms with Crippen LogP contribution in [0.5, 0.6) is 0 Å². The van der Waals surface area contributed by atoms with Crippen LogP contribution in [0.15, 0.2) is 30.3 Å². The van der Waals surface area contributed by atoms with Gasteiger partial charge in [-0.25, -0.2) is 31.1 Å². The summed E-state index contributed by atoms with van der Waals surface area (Å²) in [6.45, 7) is 0. The van der Waals surface area contributed by atoms with Gasteiger partial charge in [-0.3, -0.25) is 0 Å². The van der Waals surface area contributed by atoms with E-state index in [1.165, 1.54) is 24.3 Å². The number of hydrogen-bond acceptors (Lipinski definition) is 4. The Hall–Kier alpha value is -3.70.